The van der Waals surface area contributed by atoms with E-state index in [1.165, 1.54) is 0 Å². The minimum absolute atomic E-state index is 0.0794. The molecule has 98 valence electrons. The SMILES string of the molecule is NCCCCC(=O)Nc1cc2c(cc1Cl)OCO2. The highest BCUT2D eigenvalue weighted by atomic mass is 35.5. The monoisotopic (exact) mass is 270 g/mol. The molecule has 6 heteroatoms. The molecule has 1 aliphatic heterocycles. The number of halogens is 1. The van der Waals surface area contributed by atoms with E-state index in [0.717, 1.165) is 12.8 Å². The van der Waals surface area contributed by atoms with Gasteiger partial charge in [-0.15, -0.1) is 0 Å². The van der Waals surface area contributed by atoms with Gasteiger partial charge in [-0.25, -0.2) is 0 Å². The molecular weight excluding hydrogens is 256 g/mol. The number of nitrogens with one attached hydrogen (secondary N) is 1. The predicted octanol–water partition coefficient (Wildman–Crippen LogP) is 2.14. The standard InChI is InChI=1S/C12H15ClN2O3/c13-8-5-10-11(18-7-17-10)6-9(8)15-12(16)3-1-2-4-14/h5-6H,1-4,7,14H2,(H,15,16). The number of fused-ring (bicyclic) bond motifs is 1. The minimum Gasteiger partial charge on any atom is -0.454 e. The van der Waals surface area contributed by atoms with Crippen LogP contribution in [0.5, 0.6) is 11.5 Å². The highest BCUT2D eigenvalue weighted by Gasteiger charge is 2.17. The summed E-state index contributed by atoms with van der Waals surface area (Å²) >= 11 is 6.04. The fourth-order valence-electron chi connectivity index (χ4n) is 1.66. The zero-order valence-electron chi connectivity index (χ0n) is 9.87. The molecule has 18 heavy (non-hydrogen) atoms. The summed E-state index contributed by atoms with van der Waals surface area (Å²) in [4.78, 5) is 11.7. The third kappa shape index (κ3) is 3.05. The van der Waals surface area contributed by atoms with Gasteiger partial charge in [0.25, 0.3) is 0 Å². The van der Waals surface area contributed by atoms with Gasteiger partial charge in [-0.2, -0.15) is 0 Å². The Balaban J connectivity index is 1.99. The molecule has 5 nitrogen and oxygen atoms in total. The molecule has 2 rings (SSSR count). The van der Waals surface area contributed by atoms with Crippen LogP contribution in [0, 0.1) is 0 Å². The van der Waals surface area contributed by atoms with Gasteiger partial charge in [0.2, 0.25) is 12.7 Å². The summed E-state index contributed by atoms with van der Waals surface area (Å²) in [6.45, 7) is 0.775. The molecular formula is C12H15ClN2O3. The second-order valence-electron chi connectivity index (χ2n) is 3.98. The molecule has 0 aromatic heterocycles. The van der Waals surface area contributed by atoms with E-state index in [-0.39, 0.29) is 12.7 Å². The largest absolute Gasteiger partial charge is 0.454 e. The number of ether oxygens (including phenoxy) is 2. The smallest absolute Gasteiger partial charge is 0.231 e. The third-order valence-corrected chi connectivity index (χ3v) is 2.91. The zero-order valence-corrected chi connectivity index (χ0v) is 10.6. The van der Waals surface area contributed by atoms with Crippen LogP contribution in [0.1, 0.15) is 19.3 Å². The lowest BCUT2D eigenvalue weighted by Crippen LogP contribution is -2.12. The third-order valence-electron chi connectivity index (χ3n) is 2.59. The summed E-state index contributed by atoms with van der Waals surface area (Å²) in [7, 11) is 0. The van der Waals surface area contributed by atoms with Gasteiger partial charge in [0.05, 0.1) is 10.7 Å². The first-order chi connectivity index (χ1) is 8.70. The molecule has 0 radical (unpaired) electrons. The van der Waals surface area contributed by atoms with Crippen molar-refractivity contribution in [2.45, 2.75) is 19.3 Å². The van der Waals surface area contributed by atoms with E-state index in [1.807, 2.05) is 0 Å². The molecule has 1 heterocycles. The lowest BCUT2D eigenvalue weighted by Gasteiger charge is -2.08. The van der Waals surface area contributed by atoms with Crippen molar-refractivity contribution in [2.24, 2.45) is 5.73 Å². The summed E-state index contributed by atoms with van der Waals surface area (Å²) in [5, 5.41) is 3.19. The van der Waals surface area contributed by atoms with E-state index in [4.69, 9.17) is 26.8 Å². The highest BCUT2D eigenvalue weighted by Crippen LogP contribution is 2.39. The van der Waals surface area contributed by atoms with Gasteiger partial charge in [-0.05, 0) is 19.4 Å². The van der Waals surface area contributed by atoms with Crippen LogP contribution in [0.2, 0.25) is 5.02 Å². The van der Waals surface area contributed by atoms with Gasteiger partial charge >= 0.3 is 0 Å². The Bertz CT molecular complexity index is 451. The van der Waals surface area contributed by atoms with Crippen molar-refractivity contribution in [3.63, 3.8) is 0 Å². The van der Waals surface area contributed by atoms with E-state index in [0.29, 0.717) is 35.2 Å². The quantitative estimate of drug-likeness (QED) is 0.804. The normalized spacial score (nSPS) is 12.6. The van der Waals surface area contributed by atoms with Crippen LogP contribution >= 0.6 is 11.6 Å². The van der Waals surface area contributed by atoms with Crippen LogP contribution in [0.3, 0.4) is 0 Å². The van der Waals surface area contributed by atoms with Crippen LogP contribution in [0.4, 0.5) is 5.69 Å². The van der Waals surface area contributed by atoms with Crippen molar-refractivity contribution >= 4 is 23.2 Å². The van der Waals surface area contributed by atoms with Crippen molar-refractivity contribution in [3.8, 4) is 11.5 Å². The van der Waals surface area contributed by atoms with Crippen molar-refractivity contribution in [1.82, 2.24) is 0 Å². The number of hydrogen-bond acceptors (Lipinski definition) is 4. The van der Waals surface area contributed by atoms with E-state index in [2.05, 4.69) is 5.32 Å². The van der Waals surface area contributed by atoms with E-state index in [1.54, 1.807) is 12.1 Å². The van der Waals surface area contributed by atoms with Crippen LogP contribution in [0.25, 0.3) is 0 Å². The molecule has 1 aliphatic rings. The summed E-state index contributed by atoms with van der Waals surface area (Å²) < 4.78 is 10.4. The lowest BCUT2D eigenvalue weighted by atomic mass is 10.2. The molecule has 3 N–H and O–H groups in total. The molecule has 0 fully saturated rings. The summed E-state index contributed by atoms with van der Waals surface area (Å²) in [5.41, 5.74) is 5.91. The number of unbranched alkanes of at least 4 members (excludes halogenated alkanes) is 1. The van der Waals surface area contributed by atoms with Crippen LogP contribution < -0.4 is 20.5 Å². The number of carbonyl (C=O) groups is 1. The number of carbonyl (C=O) groups excluding carboxylic acids is 1. The number of rotatable bonds is 5. The lowest BCUT2D eigenvalue weighted by molar-refractivity contribution is -0.116. The van der Waals surface area contributed by atoms with E-state index < -0.39 is 0 Å². The first-order valence-electron chi connectivity index (χ1n) is 5.80. The van der Waals surface area contributed by atoms with Crippen LogP contribution in [0.15, 0.2) is 12.1 Å². The Morgan fingerprint density at radius 2 is 2.06 bits per heavy atom. The number of anilines is 1. The minimum atomic E-state index is -0.0794. The number of nitrogens with two attached hydrogens (primary N) is 1. The van der Waals surface area contributed by atoms with Crippen molar-refractivity contribution in [1.29, 1.82) is 0 Å². The highest BCUT2D eigenvalue weighted by molar-refractivity contribution is 6.34. The second kappa shape index (κ2) is 5.93. The van der Waals surface area contributed by atoms with Gasteiger partial charge in [0, 0.05) is 18.6 Å². The summed E-state index contributed by atoms with van der Waals surface area (Å²) in [6, 6.07) is 3.31. The fourth-order valence-corrected chi connectivity index (χ4v) is 1.86. The molecule has 0 aliphatic carbocycles. The predicted molar refractivity (Wildman–Crippen MR) is 69.1 cm³/mol. The Morgan fingerprint density at radius 1 is 1.33 bits per heavy atom. The summed E-state index contributed by atoms with van der Waals surface area (Å²) in [6.07, 6.45) is 2.04. The molecule has 0 spiro atoms. The molecule has 0 saturated carbocycles. The second-order valence-corrected chi connectivity index (χ2v) is 4.39. The van der Waals surface area contributed by atoms with Gasteiger partial charge in [-0.1, -0.05) is 11.6 Å². The first kappa shape index (κ1) is 13.0. The molecule has 0 atom stereocenters. The number of benzene rings is 1. The first-order valence-corrected chi connectivity index (χ1v) is 6.17. The van der Waals surface area contributed by atoms with E-state index in [9.17, 15) is 4.79 Å². The Kier molecular flexibility index (Phi) is 4.28. The Morgan fingerprint density at radius 3 is 2.78 bits per heavy atom. The Hall–Kier alpha value is -1.46. The average molecular weight is 271 g/mol. The van der Waals surface area contributed by atoms with Crippen LogP contribution in [-0.4, -0.2) is 19.2 Å². The van der Waals surface area contributed by atoms with Crippen molar-refractivity contribution in [3.05, 3.63) is 17.2 Å². The fraction of sp³-hybridized carbons (Fsp3) is 0.417. The number of amides is 1. The van der Waals surface area contributed by atoms with Gasteiger partial charge < -0.3 is 20.5 Å². The topological polar surface area (TPSA) is 73.6 Å². The molecule has 0 bridgehead atoms. The van der Waals surface area contributed by atoms with Crippen LogP contribution in [-0.2, 0) is 4.79 Å². The number of hydrogen-bond donors (Lipinski definition) is 2. The van der Waals surface area contributed by atoms with Crippen molar-refractivity contribution in [2.75, 3.05) is 18.7 Å². The molecule has 0 unspecified atom stereocenters. The zero-order chi connectivity index (χ0) is 13.0. The molecule has 0 saturated heterocycles. The maximum absolute atomic E-state index is 11.7. The summed E-state index contributed by atoms with van der Waals surface area (Å²) in [5.74, 6) is 1.11. The Labute approximate surface area is 110 Å². The van der Waals surface area contributed by atoms with Crippen molar-refractivity contribution < 1.29 is 14.3 Å². The maximum Gasteiger partial charge on any atom is 0.231 e. The van der Waals surface area contributed by atoms with Gasteiger partial charge in [0.15, 0.2) is 11.5 Å². The van der Waals surface area contributed by atoms with E-state index >= 15 is 0 Å². The average Bonchev–Trinajstić information content (AvgIpc) is 2.77. The van der Waals surface area contributed by atoms with Gasteiger partial charge in [0.1, 0.15) is 0 Å². The molecule has 1 aromatic rings. The van der Waals surface area contributed by atoms with Gasteiger partial charge in [-0.3, -0.25) is 4.79 Å². The molecule has 1 aromatic carbocycles. The maximum atomic E-state index is 11.7. The molecule has 1 amide bonds.